The standard InChI is InChI=1S/C25H40N2O3/c1-15(26-16(2)29)21-7-8-23-20-6-5-18-13-19(27-17(3)30)9-11-24(18,4)22(20)10-12-25(21,23)14-28/h5,15,19-23,28H,6-14H2,1-4H3,(H,26,29)(H,27,30). The van der Waals surface area contributed by atoms with Crippen LogP contribution in [0.1, 0.15) is 79.1 Å². The summed E-state index contributed by atoms with van der Waals surface area (Å²) < 4.78 is 0. The van der Waals surface area contributed by atoms with Gasteiger partial charge in [-0.25, -0.2) is 0 Å². The number of amides is 2. The van der Waals surface area contributed by atoms with E-state index in [1.54, 1.807) is 19.4 Å². The number of aliphatic hydroxyl groups excluding tert-OH is 1. The van der Waals surface area contributed by atoms with Gasteiger partial charge in [0.1, 0.15) is 0 Å². The predicted molar refractivity (Wildman–Crippen MR) is 117 cm³/mol. The molecule has 0 heterocycles. The number of hydrogen-bond acceptors (Lipinski definition) is 3. The highest BCUT2D eigenvalue weighted by Crippen LogP contribution is 2.66. The third-order valence-corrected chi connectivity index (χ3v) is 9.62. The maximum absolute atomic E-state index is 11.7. The number of rotatable bonds is 4. The van der Waals surface area contributed by atoms with Crippen molar-refractivity contribution >= 4 is 11.8 Å². The summed E-state index contributed by atoms with van der Waals surface area (Å²) in [4.78, 5) is 23.2. The summed E-state index contributed by atoms with van der Waals surface area (Å²) in [6.07, 6.45) is 11.3. The first-order chi connectivity index (χ1) is 14.2. The lowest BCUT2D eigenvalue weighted by Crippen LogP contribution is -2.55. The van der Waals surface area contributed by atoms with Crippen molar-refractivity contribution < 1.29 is 14.7 Å². The first-order valence-corrected chi connectivity index (χ1v) is 12.1. The van der Waals surface area contributed by atoms with Gasteiger partial charge < -0.3 is 15.7 Å². The number of nitrogens with one attached hydrogen (secondary N) is 2. The zero-order chi connectivity index (χ0) is 21.7. The van der Waals surface area contributed by atoms with Gasteiger partial charge >= 0.3 is 0 Å². The Bertz CT molecular complexity index is 734. The average molecular weight is 417 g/mol. The number of fused-ring (bicyclic) bond motifs is 5. The molecule has 4 aliphatic rings. The van der Waals surface area contributed by atoms with Crippen LogP contribution in [0.5, 0.6) is 0 Å². The van der Waals surface area contributed by atoms with Crippen molar-refractivity contribution in [3.63, 3.8) is 0 Å². The summed E-state index contributed by atoms with van der Waals surface area (Å²) >= 11 is 0. The Labute approximate surface area is 181 Å². The Balaban J connectivity index is 1.57. The topological polar surface area (TPSA) is 78.4 Å². The van der Waals surface area contributed by atoms with Crippen molar-refractivity contribution in [1.82, 2.24) is 10.6 Å². The fourth-order valence-corrected chi connectivity index (χ4v) is 8.41. The molecule has 3 N–H and O–H groups in total. The first-order valence-electron chi connectivity index (χ1n) is 12.1. The minimum atomic E-state index is -0.0435. The second kappa shape index (κ2) is 7.96. The second-order valence-corrected chi connectivity index (χ2v) is 11.0. The molecular formula is C25H40N2O3. The van der Waals surface area contributed by atoms with Crippen molar-refractivity contribution in [2.45, 2.75) is 91.1 Å². The summed E-state index contributed by atoms with van der Waals surface area (Å²) in [5.74, 6) is 2.33. The fraction of sp³-hybridized carbons (Fsp3) is 0.840. The Hall–Kier alpha value is -1.36. The van der Waals surface area contributed by atoms with Crippen LogP contribution >= 0.6 is 0 Å². The molecule has 0 aromatic rings. The van der Waals surface area contributed by atoms with Crippen molar-refractivity contribution in [3.8, 4) is 0 Å². The average Bonchev–Trinajstić information content (AvgIpc) is 3.07. The molecule has 4 rings (SSSR count). The number of aliphatic hydroxyl groups is 1. The van der Waals surface area contributed by atoms with Crippen molar-refractivity contribution in [2.75, 3.05) is 6.61 Å². The summed E-state index contributed by atoms with van der Waals surface area (Å²) in [7, 11) is 0. The van der Waals surface area contributed by atoms with Gasteiger partial charge in [0, 0.05) is 38.0 Å². The van der Waals surface area contributed by atoms with Crippen LogP contribution in [0.25, 0.3) is 0 Å². The van der Waals surface area contributed by atoms with Gasteiger partial charge in [0.15, 0.2) is 0 Å². The van der Waals surface area contributed by atoms with Gasteiger partial charge in [0.2, 0.25) is 11.8 Å². The summed E-state index contributed by atoms with van der Waals surface area (Å²) in [6, 6.07) is 0.405. The van der Waals surface area contributed by atoms with Gasteiger partial charge in [0.05, 0.1) is 0 Å². The zero-order valence-corrected chi connectivity index (χ0v) is 19.2. The Morgan fingerprint density at radius 2 is 1.90 bits per heavy atom. The number of hydrogen-bond donors (Lipinski definition) is 3. The molecule has 0 radical (unpaired) electrons. The third kappa shape index (κ3) is 3.41. The van der Waals surface area contributed by atoms with E-state index in [2.05, 4.69) is 30.6 Å². The van der Waals surface area contributed by atoms with Crippen LogP contribution in [0, 0.1) is 34.5 Å². The smallest absolute Gasteiger partial charge is 0.217 e. The Morgan fingerprint density at radius 1 is 1.13 bits per heavy atom. The number of allylic oxidation sites excluding steroid dienone is 1. The monoisotopic (exact) mass is 416 g/mol. The quantitative estimate of drug-likeness (QED) is 0.613. The highest BCUT2D eigenvalue weighted by molar-refractivity contribution is 5.73. The summed E-state index contributed by atoms with van der Waals surface area (Å²) in [5, 5.41) is 16.9. The molecule has 5 nitrogen and oxygen atoms in total. The number of carbonyl (C=O) groups is 2. The second-order valence-electron chi connectivity index (χ2n) is 11.0. The molecule has 8 unspecified atom stereocenters. The maximum Gasteiger partial charge on any atom is 0.217 e. The summed E-state index contributed by atoms with van der Waals surface area (Å²) in [6.45, 7) is 8.05. The third-order valence-electron chi connectivity index (χ3n) is 9.62. The van der Waals surface area contributed by atoms with Crippen LogP contribution in [0.2, 0.25) is 0 Å². The molecule has 168 valence electrons. The largest absolute Gasteiger partial charge is 0.396 e. The van der Waals surface area contributed by atoms with Gasteiger partial charge in [0.25, 0.3) is 0 Å². The molecule has 0 aromatic carbocycles. The minimum absolute atomic E-state index is 0.0291. The van der Waals surface area contributed by atoms with Crippen molar-refractivity contribution in [1.29, 1.82) is 0 Å². The molecule has 3 saturated carbocycles. The maximum atomic E-state index is 11.7. The van der Waals surface area contributed by atoms with Crippen LogP contribution < -0.4 is 10.6 Å². The molecule has 30 heavy (non-hydrogen) atoms. The van der Waals surface area contributed by atoms with E-state index >= 15 is 0 Å². The SMILES string of the molecule is CC(=O)NC1CCC2(C)C(=CCC3C2CCC2(CO)C(C(C)NC(C)=O)CCC32)C1. The van der Waals surface area contributed by atoms with E-state index in [1.165, 1.54) is 12.8 Å². The van der Waals surface area contributed by atoms with Crippen LogP contribution in [0.15, 0.2) is 11.6 Å². The van der Waals surface area contributed by atoms with E-state index in [1.807, 2.05) is 0 Å². The van der Waals surface area contributed by atoms with Crippen LogP contribution in [0.3, 0.4) is 0 Å². The molecule has 2 amide bonds. The minimum Gasteiger partial charge on any atom is -0.396 e. The van der Waals surface area contributed by atoms with Crippen molar-refractivity contribution in [2.24, 2.45) is 34.5 Å². The molecule has 5 heteroatoms. The molecule has 3 fully saturated rings. The van der Waals surface area contributed by atoms with Gasteiger partial charge in [-0.1, -0.05) is 18.6 Å². The molecular weight excluding hydrogens is 376 g/mol. The highest BCUT2D eigenvalue weighted by atomic mass is 16.3. The van der Waals surface area contributed by atoms with E-state index < -0.39 is 0 Å². The summed E-state index contributed by atoms with van der Waals surface area (Å²) in [5.41, 5.74) is 1.75. The Morgan fingerprint density at radius 3 is 2.57 bits per heavy atom. The van der Waals surface area contributed by atoms with E-state index in [-0.39, 0.29) is 41.3 Å². The molecule has 0 saturated heterocycles. The molecule has 0 bridgehead atoms. The lowest BCUT2D eigenvalue weighted by Gasteiger charge is -2.59. The zero-order valence-electron chi connectivity index (χ0n) is 19.2. The van der Waals surface area contributed by atoms with Gasteiger partial charge in [-0.3, -0.25) is 9.59 Å². The Kier molecular flexibility index (Phi) is 5.80. The normalized spacial score (nSPS) is 43.5. The first kappa shape index (κ1) is 21.9. The van der Waals surface area contributed by atoms with E-state index in [4.69, 9.17) is 0 Å². The lowest BCUT2D eigenvalue weighted by atomic mass is 9.47. The van der Waals surface area contributed by atoms with Gasteiger partial charge in [-0.15, -0.1) is 0 Å². The van der Waals surface area contributed by atoms with Gasteiger partial charge in [-0.05, 0) is 87.4 Å². The molecule has 0 aromatic heterocycles. The molecule has 0 aliphatic heterocycles. The van der Waals surface area contributed by atoms with Crippen LogP contribution in [0.4, 0.5) is 0 Å². The van der Waals surface area contributed by atoms with Crippen LogP contribution in [-0.2, 0) is 9.59 Å². The van der Waals surface area contributed by atoms with Crippen LogP contribution in [-0.4, -0.2) is 35.6 Å². The molecule has 4 aliphatic carbocycles. The highest BCUT2D eigenvalue weighted by Gasteiger charge is 2.61. The number of carbonyl (C=O) groups excluding carboxylic acids is 2. The lowest BCUT2D eigenvalue weighted by molar-refractivity contribution is -0.122. The predicted octanol–water partition coefficient (Wildman–Crippen LogP) is 3.57. The van der Waals surface area contributed by atoms with E-state index in [0.717, 1.165) is 38.5 Å². The van der Waals surface area contributed by atoms with Crippen molar-refractivity contribution in [3.05, 3.63) is 11.6 Å². The fourth-order valence-electron chi connectivity index (χ4n) is 8.41. The molecule has 8 atom stereocenters. The van der Waals surface area contributed by atoms with E-state index in [9.17, 15) is 14.7 Å². The van der Waals surface area contributed by atoms with E-state index in [0.29, 0.717) is 23.7 Å². The van der Waals surface area contributed by atoms with Gasteiger partial charge in [-0.2, -0.15) is 0 Å². The molecule has 0 spiro atoms.